The third-order valence-corrected chi connectivity index (χ3v) is 2.59. The van der Waals surface area contributed by atoms with Gasteiger partial charge in [0.25, 0.3) is 0 Å². The molecule has 0 unspecified atom stereocenters. The van der Waals surface area contributed by atoms with E-state index < -0.39 is 0 Å². The monoisotopic (exact) mass is 250 g/mol. The largest absolute Gasteiger partial charge is 0.491 e. The molecule has 3 N–H and O–H groups in total. The van der Waals surface area contributed by atoms with Crippen molar-refractivity contribution < 1.29 is 4.74 Å². The molecule has 0 aliphatic rings. The Hall–Kier alpha value is -1.38. The third-order valence-electron chi connectivity index (χ3n) is 2.59. The van der Waals surface area contributed by atoms with E-state index in [-0.39, 0.29) is 6.10 Å². The second-order valence-electron chi connectivity index (χ2n) is 5.42. The molecule has 0 aliphatic carbocycles. The molecule has 0 amide bonds. The Morgan fingerprint density at radius 3 is 2.50 bits per heavy atom. The smallest absolute Gasteiger partial charge is 0.123 e. The van der Waals surface area contributed by atoms with Crippen molar-refractivity contribution in [3.63, 3.8) is 0 Å². The summed E-state index contributed by atoms with van der Waals surface area (Å²) in [7, 11) is 0. The summed E-state index contributed by atoms with van der Waals surface area (Å²) in [6.45, 7) is 9.49. The van der Waals surface area contributed by atoms with Crippen LogP contribution in [0.5, 0.6) is 5.75 Å². The van der Waals surface area contributed by atoms with Crippen LogP contribution < -0.4 is 15.8 Å². The lowest BCUT2D eigenvalue weighted by Crippen LogP contribution is -2.07. The number of nitrogen functional groups attached to an aromatic ring is 1. The van der Waals surface area contributed by atoms with Crippen LogP contribution in [-0.4, -0.2) is 12.6 Å². The Morgan fingerprint density at radius 1 is 1.17 bits per heavy atom. The highest BCUT2D eigenvalue weighted by atomic mass is 16.5. The van der Waals surface area contributed by atoms with Crippen molar-refractivity contribution in [2.24, 2.45) is 5.92 Å². The van der Waals surface area contributed by atoms with E-state index in [2.05, 4.69) is 19.2 Å². The predicted octanol–water partition coefficient (Wildman–Crippen LogP) is 3.90. The molecule has 0 aromatic heterocycles. The summed E-state index contributed by atoms with van der Waals surface area (Å²) in [5.74, 6) is 1.59. The standard InChI is InChI=1S/C15H26N2O/c1-11(2)6-5-7-17-14-8-13(16)9-15(10-14)18-12(3)4/h8-12,17H,5-7,16H2,1-4H3. The molecule has 0 spiro atoms. The fourth-order valence-corrected chi connectivity index (χ4v) is 1.81. The number of rotatable bonds is 7. The summed E-state index contributed by atoms with van der Waals surface area (Å²) in [6.07, 6.45) is 2.58. The zero-order chi connectivity index (χ0) is 13.5. The second-order valence-corrected chi connectivity index (χ2v) is 5.42. The fraction of sp³-hybridized carbons (Fsp3) is 0.600. The topological polar surface area (TPSA) is 47.3 Å². The molecule has 0 atom stereocenters. The molecule has 0 aliphatic heterocycles. The summed E-state index contributed by atoms with van der Waals surface area (Å²) >= 11 is 0. The third kappa shape index (κ3) is 5.80. The minimum Gasteiger partial charge on any atom is -0.491 e. The van der Waals surface area contributed by atoms with Crippen LogP contribution >= 0.6 is 0 Å². The van der Waals surface area contributed by atoms with Gasteiger partial charge in [0.05, 0.1) is 6.10 Å². The van der Waals surface area contributed by atoms with Crippen molar-refractivity contribution >= 4 is 11.4 Å². The summed E-state index contributed by atoms with van der Waals surface area (Å²) in [4.78, 5) is 0. The van der Waals surface area contributed by atoms with Crippen LogP contribution in [0.2, 0.25) is 0 Å². The van der Waals surface area contributed by atoms with Gasteiger partial charge in [-0.2, -0.15) is 0 Å². The zero-order valence-electron chi connectivity index (χ0n) is 12.0. The van der Waals surface area contributed by atoms with Gasteiger partial charge in [0.2, 0.25) is 0 Å². The molecular weight excluding hydrogens is 224 g/mol. The van der Waals surface area contributed by atoms with Crippen LogP contribution in [-0.2, 0) is 0 Å². The van der Waals surface area contributed by atoms with Gasteiger partial charge in [0.15, 0.2) is 0 Å². The highest BCUT2D eigenvalue weighted by Crippen LogP contribution is 2.23. The minimum atomic E-state index is 0.167. The molecular formula is C15H26N2O. The Bertz CT molecular complexity index is 362. The number of nitrogens with two attached hydrogens (primary N) is 1. The Balaban J connectivity index is 2.51. The fourth-order valence-electron chi connectivity index (χ4n) is 1.81. The van der Waals surface area contributed by atoms with Gasteiger partial charge >= 0.3 is 0 Å². The SMILES string of the molecule is CC(C)CCCNc1cc(N)cc(OC(C)C)c1. The molecule has 0 saturated carbocycles. The average Bonchev–Trinajstić information content (AvgIpc) is 2.22. The van der Waals surface area contributed by atoms with Crippen molar-refractivity contribution in [2.75, 3.05) is 17.6 Å². The van der Waals surface area contributed by atoms with Gasteiger partial charge in [0.1, 0.15) is 5.75 Å². The number of hydrogen-bond acceptors (Lipinski definition) is 3. The van der Waals surface area contributed by atoms with Gasteiger partial charge in [-0.25, -0.2) is 0 Å². The first kappa shape index (κ1) is 14.7. The van der Waals surface area contributed by atoms with Crippen LogP contribution in [0, 0.1) is 5.92 Å². The van der Waals surface area contributed by atoms with Crippen LogP contribution in [0.4, 0.5) is 11.4 Å². The minimum absolute atomic E-state index is 0.167. The maximum Gasteiger partial charge on any atom is 0.123 e. The molecule has 0 bridgehead atoms. The van der Waals surface area contributed by atoms with E-state index in [0.29, 0.717) is 0 Å². The van der Waals surface area contributed by atoms with Crippen LogP contribution in [0.3, 0.4) is 0 Å². The van der Waals surface area contributed by atoms with E-state index in [1.165, 1.54) is 12.8 Å². The van der Waals surface area contributed by atoms with Gasteiger partial charge in [-0.15, -0.1) is 0 Å². The number of nitrogens with one attached hydrogen (secondary N) is 1. The average molecular weight is 250 g/mol. The van der Waals surface area contributed by atoms with Crippen LogP contribution in [0.25, 0.3) is 0 Å². The molecule has 3 nitrogen and oxygen atoms in total. The van der Waals surface area contributed by atoms with Gasteiger partial charge in [-0.3, -0.25) is 0 Å². The number of benzene rings is 1. The summed E-state index contributed by atoms with van der Waals surface area (Å²) in [6, 6.07) is 5.81. The summed E-state index contributed by atoms with van der Waals surface area (Å²) in [5.41, 5.74) is 7.64. The summed E-state index contributed by atoms with van der Waals surface area (Å²) in [5, 5.41) is 3.39. The van der Waals surface area contributed by atoms with Crippen molar-refractivity contribution in [3.05, 3.63) is 18.2 Å². The van der Waals surface area contributed by atoms with E-state index in [1.807, 2.05) is 32.0 Å². The molecule has 3 heteroatoms. The molecule has 0 heterocycles. The van der Waals surface area contributed by atoms with Crippen molar-refractivity contribution in [2.45, 2.75) is 46.6 Å². The normalized spacial score (nSPS) is 11.0. The molecule has 102 valence electrons. The first-order valence-corrected chi connectivity index (χ1v) is 6.78. The highest BCUT2D eigenvalue weighted by Gasteiger charge is 2.02. The quantitative estimate of drug-likeness (QED) is 0.570. The lowest BCUT2D eigenvalue weighted by Gasteiger charge is -2.13. The Labute approximate surface area is 111 Å². The number of ether oxygens (including phenoxy) is 1. The molecule has 0 fully saturated rings. The van der Waals surface area contributed by atoms with Gasteiger partial charge in [-0.1, -0.05) is 13.8 Å². The number of hydrogen-bond donors (Lipinski definition) is 2. The van der Waals surface area contributed by atoms with E-state index in [4.69, 9.17) is 10.5 Å². The molecule has 0 saturated heterocycles. The molecule has 1 aromatic carbocycles. The van der Waals surface area contributed by atoms with Crippen molar-refractivity contribution in [3.8, 4) is 5.75 Å². The maximum atomic E-state index is 5.87. The lowest BCUT2D eigenvalue weighted by atomic mass is 10.1. The highest BCUT2D eigenvalue weighted by molar-refractivity contribution is 5.59. The van der Waals surface area contributed by atoms with E-state index >= 15 is 0 Å². The van der Waals surface area contributed by atoms with Crippen molar-refractivity contribution in [1.82, 2.24) is 0 Å². The Kier molecular flexibility index (Phi) is 5.83. The van der Waals surface area contributed by atoms with Gasteiger partial charge < -0.3 is 15.8 Å². The lowest BCUT2D eigenvalue weighted by molar-refractivity contribution is 0.242. The van der Waals surface area contributed by atoms with Crippen LogP contribution in [0.1, 0.15) is 40.5 Å². The molecule has 18 heavy (non-hydrogen) atoms. The zero-order valence-corrected chi connectivity index (χ0v) is 12.0. The first-order valence-electron chi connectivity index (χ1n) is 6.78. The second kappa shape index (κ2) is 7.14. The first-order chi connectivity index (χ1) is 8.47. The predicted molar refractivity (Wildman–Crippen MR) is 79.2 cm³/mol. The Morgan fingerprint density at radius 2 is 1.89 bits per heavy atom. The van der Waals surface area contributed by atoms with E-state index in [1.54, 1.807) is 0 Å². The van der Waals surface area contributed by atoms with E-state index in [9.17, 15) is 0 Å². The molecule has 1 rings (SSSR count). The summed E-state index contributed by atoms with van der Waals surface area (Å²) < 4.78 is 5.66. The van der Waals surface area contributed by atoms with Crippen LogP contribution in [0.15, 0.2) is 18.2 Å². The van der Waals surface area contributed by atoms with Crippen molar-refractivity contribution in [1.29, 1.82) is 0 Å². The van der Waals surface area contributed by atoms with Gasteiger partial charge in [0, 0.05) is 30.1 Å². The molecule has 0 radical (unpaired) electrons. The van der Waals surface area contributed by atoms with E-state index in [0.717, 1.165) is 29.6 Å². The molecule has 1 aromatic rings. The maximum absolute atomic E-state index is 5.87. The number of anilines is 2. The van der Waals surface area contributed by atoms with Gasteiger partial charge in [-0.05, 0) is 38.7 Å².